The average Bonchev–Trinajstić information content (AvgIpc) is 2.48. The minimum atomic E-state index is 0.673. The van der Waals surface area contributed by atoms with Crippen LogP contribution in [-0.2, 0) is 6.54 Å². The zero-order valence-electron chi connectivity index (χ0n) is 8.86. The summed E-state index contributed by atoms with van der Waals surface area (Å²) < 4.78 is 5.57. The maximum Gasteiger partial charge on any atom is 0.219 e. The first-order valence-electron chi connectivity index (χ1n) is 5.41. The molecule has 0 aromatic carbocycles. The van der Waals surface area contributed by atoms with Crippen molar-refractivity contribution < 1.29 is 4.74 Å². The van der Waals surface area contributed by atoms with Crippen molar-refractivity contribution in [3.8, 4) is 5.88 Å². The number of rotatable bonds is 2. The fraction of sp³-hybridized carbons (Fsp3) is 0.250. The summed E-state index contributed by atoms with van der Waals surface area (Å²) in [6.07, 6.45) is 6.01. The van der Waals surface area contributed by atoms with Crippen molar-refractivity contribution in [2.75, 3.05) is 18.5 Å². The summed E-state index contributed by atoms with van der Waals surface area (Å²) in [6.45, 7) is 2.37. The van der Waals surface area contributed by atoms with Gasteiger partial charge in [-0.2, -0.15) is 4.98 Å². The van der Waals surface area contributed by atoms with Gasteiger partial charge in [-0.1, -0.05) is 6.08 Å². The van der Waals surface area contributed by atoms with Gasteiger partial charge in [-0.3, -0.25) is 0 Å². The Kier molecular flexibility index (Phi) is 2.34. The van der Waals surface area contributed by atoms with Crippen LogP contribution in [0.4, 0.5) is 5.82 Å². The Bertz CT molecular complexity index is 465. The van der Waals surface area contributed by atoms with E-state index >= 15 is 0 Å². The molecule has 0 bridgehead atoms. The average molecular weight is 215 g/mol. The van der Waals surface area contributed by atoms with E-state index in [1.165, 1.54) is 0 Å². The van der Waals surface area contributed by atoms with Gasteiger partial charge >= 0.3 is 0 Å². The lowest BCUT2D eigenvalue weighted by molar-refractivity contribution is 0.314. The second-order valence-corrected chi connectivity index (χ2v) is 3.79. The Morgan fingerprint density at radius 3 is 3.12 bits per heavy atom. The third-order valence-corrected chi connectivity index (χ3v) is 2.60. The van der Waals surface area contributed by atoms with Crippen molar-refractivity contribution in [3.05, 3.63) is 41.6 Å². The smallest absolute Gasteiger partial charge is 0.219 e. The Morgan fingerprint density at radius 1 is 1.38 bits per heavy atom. The van der Waals surface area contributed by atoms with Gasteiger partial charge in [0.15, 0.2) is 0 Å². The van der Waals surface area contributed by atoms with Gasteiger partial charge in [0.1, 0.15) is 12.4 Å². The molecule has 2 aliphatic rings. The van der Waals surface area contributed by atoms with Crippen LogP contribution in [0.2, 0.25) is 0 Å². The van der Waals surface area contributed by atoms with Crippen LogP contribution in [-0.4, -0.2) is 18.1 Å². The Morgan fingerprint density at radius 2 is 2.31 bits per heavy atom. The molecule has 4 nitrogen and oxygen atoms in total. The molecule has 2 N–H and O–H groups in total. The molecule has 0 saturated carbocycles. The van der Waals surface area contributed by atoms with Crippen LogP contribution < -0.4 is 15.4 Å². The van der Waals surface area contributed by atoms with Crippen molar-refractivity contribution in [1.82, 2.24) is 10.3 Å². The highest BCUT2D eigenvalue weighted by molar-refractivity contribution is 5.52. The van der Waals surface area contributed by atoms with Crippen LogP contribution in [0.15, 0.2) is 36.1 Å². The van der Waals surface area contributed by atoms with Crippen LogP contribution >= 0.6 is 0 Å². The van der Waals surface area contributed by atoms with Crippen LogP contribution in [0.3, 0.4) is 0 Å². The number of aromatic nitrogens is 1. The highest BCUT2D eigenvalue weighted by Crippen LogP contribution is 2.21. The quantitative estimate of drug-likeness (QED) is 0.783. The van der Waals surface area contributed by atoms with Gasteiger partial charge in [-0.25, -0.2) is 0 Å². The standard InChI is InChI=1S/C12H13N3O/c1-2-10(3-1)14-11-5-4-9-8-13-6-7-16-12(9)15-11/h1-5,13H,6-8H2,(H,14,15). The number of hydrogen-bond donors (Lipinski definition) is 2. The Hall–Kier alpha value is -1.81. The summed E-state index contributed by atoms with van der Waals surface area (Å²) in [7, 11) is 0. The molecule has 1 aromatic rings. The van der Waals surface area contributed by atoms with Crippen LogP contribution in [0.5, 0.6) is 5.88 Å². The van der Waals surface area contributed by atoms with E-state index in [9.17, 15) is 0 Å². The highest BCUT2D eigenvalue weighted by atomic mass is 16.5. The van der Waals surface area contributed by atoms with Crippen LogP contribution in [0, 0.1) is 0 Å². The van der Waals surface area contributed by atoms with Crippen molar-refractivity contribution in [3.63, 3.8) is 0 Å². The van der Waals surface area contributed by atoms with Gasteiger partial charge in [0, 0.05) is 24.4 Å². The number of nitrogens with one attached hydrogen (secondary N) is 2. The predicted octanol–water partition coefficient (Wildman–Crippen LogP) is 1.43. The van der Waals surface area contributed by atoms with Crippen LogP contribution in [0.25, 0.3) is 0 Å². The fourth-order valence-corrected chi connectivity index (χ4v) is 1.67. The number of allylic oxidation sites excluding steroid dienone is 3. The van der Waals surface area contributed by atoms with E-state index in [4.69, 9.17) is 4.74 Å². The Balaban J connectivity index is 1.82. The largest absolute Gasteiger partial charge is 0.476 e. The molecule has 0 saturated heterocycles. The maximum absolute atomic E-state index is 5.57. The summed E-state index contributed by atoms with van der Waals surface area (Å²) in [5.74, 6) is 1.56. The molecular formula is C12H13N3O. The number of anilines is 1. The molecule has 0 unspecified atom stereocenters. The van der Waals surface area contributed by atoms with E-state index in [-0.39, 0.29) is 0 Å². The second kappa shape index (κ2) is 3.98. The van der Waals surface area contributed by atoms with Crippen molar-refractivity contribution in [2.24, 2.45) is 0 Å². The fourth-order valence-electron chi connectivity index (χ4n) is 1.67. The monoisotopic (exact) mass is 215 g/mol. The minimum absolute atomic E-state index is 0.673. The van der Waals surface area contributed by atoms with E-state index in [1.807, 2.05) is 30.4 Å². The SMILES string of the molecule is C1=CC(Nc2ccc3c(n2)OCCNC3)=C1. The molecule has 0 atom stereocenters. The molecule has 3 rings (SSSR count). The topological polar surface area (TPSA) is 46.2 Å². The lowest BCUT2D eigenvalue weighted by atomic mass is 10.2. The molecule has 82 valence electrons. The predicted molar refractivity (Wildman–Crippen MR) is 62.3 cm³/mol. The first kappa shape index (κ1) is 9.42. The molecule has 0 radical (unpaired) electrons. The third kappa shape index (κ3) is 1.79. The zero-order valence-corrected chi connectivity index (χ0v) is 8.86. The molecule has 1 aromatic heterocycles. The lowest BCUT2D eigenvalue weighted by Gasteiger charge is -2.12. The van der Waals surface area contributed by atoms with Gasteiger partial charge in [-0.15, -0.1) is 0 Å². The van der Waals surface area contributed by atoms with Crippen molar-refractivity contribution >= 4 is 5.82 Å². The number of ether oxygens (including phenoxy) is 1. The van der Waals surface area contributed by atoms with Gasteiger partial charge in [0.05, 0.1) is 0 Å². The van der Waals surface area contributed by atoms with E-state index in [1.54, 1.807) is 0 Å². The molecule has 1 aliphatic heterocycles. The molecule has 16 heavy (non-hydrogen) atoms. The minimum Gasteiger partial charge on any atom is -0.476 e. The number of fused-ring (bicyclic) bond motifs is 1. The van der Waals surface area contributed by atoms with Gasteiger partial charge < -0.3 is 15.4 Å². The van der Waals surface area contributed by atoms with Crippen molar-refractivity contribution in [2.45, 2.75) is 6.54 Å². The van der Waals surface area contributed by atoms with Gasteiger partial charge in [-0.05, 0) is 24.3 Å². The molecule has 0 fully saturated rings. The van der Waals surface area contributed by atoms with E-state index in [0.717, 1.165) is 36.0 Å². The molecule has 0 amide bonds. The van der Waals surface area contributed by atoms with E-state index in [2.05, 4.69) is 15.6 Å². The maximum atomic E-state index is 5.57. The molecule has 1 aliphatic carbocycles. The summed E-state index contributed by atoms with van der Waals surface area (Å²) >= 11 is 0. The van der Waals surface area contributed by atoms with Gasteiger partial charge in [0.2, 0.25) is 5.88 Å². The third-order valence-electron chi connectivity index (χ3n) is 2.60. The number of nitrogens with zero attached hydrogens (tertiary/aromatic N) is 1. The summed E-state index contributed by atoms with van der Waals surface area (Å²) in [5, 5.41) is 6.49. The number of pyridine rings is 1. The molecule has 4 heteroatoms. The summed E-state index contributed by atoms with van der Waals surface area (Å²) in [5.41, 5.74) is 2.19. The lowest BCUT2D eigenvalue weighted by Crippen LogP contribution is -2.16. The second-order valence-electron chi connectivity index (χ2n) is 3.79. The van der Waals surface area contributed by atoms with Crippen molar-refractivity contribution in [1.29, 1.82) is 0 Å². The van der Waals surface area contributed by atoms with E-state index < -0.39 is 0 Å². The molecule has 0 spiro atoms. The van der Waals surface area contributed by atoms with Gasteiger partial charge in [0.25, 0.3) is 0 Å². The first-order valence-corrected chi connectivity index (χ1v) is 5.41. The van der Waals surface area contributed by atoms with Crippen LogP contribution in [0.1, 0.15) is 5.56 Å². The molecular weight excluding hydrogens is 202 g/mol. The molecule has 2 heterocycles. The first-order chi connectivity index (χ1) is 7.92. The Labute approximate surface area is 94.0 Å². The normalized spacial score (nSPS) is 17.6. The highest BCUT2D eigenvalue weighted by Gasteiger charge is 2.11. The summed E-state index contributed by atoms with van der Waals surface area (Å²) in [4.78, 5) is 4.45. The zero-order chi connectivity index (χ0) is 10.8. The van der Waals surface area contributed by atoms with E-state index in [0.29, 0.717) is 6.61 Å². The number of hydrogen-bond acceptors (Lipinski definition) is 4. The summed E-state index contributed by atoms with van der Waals surface area (Å²) in [6, 6.07) is 4.02.